The molecule has 2 heterocycles. The summed E-state index contributed by atoms with van der Waals surface area (Å²) in [5.74, 6) is 0.368. The van der Waals surface area contributed by atoms with Crippen LogP contribution in [0.5, 0.6) is 0 Å². The molecule has 0 radical (unpaired) electrons. The molecule has 1 aliphatic heterocycles. The van der Waals surface area contributed by atoms with E-state index in [1.165, 1.54) is 4.57 Å². The molecule has 19 heavy (non-hydrogen) atoms. The number of ether oxygens (including phenoxy) is 1. The third-order valence-corrected chi connectivity index (χ3v) is 4.18. The third-order valence-electron chi connectivity index (χ3n) is 3.44. The topological polar surface area (TPSA) is 53.2 Å². The first-order valence-electron chi connectivity index (χ1n) is 6.71. The summed E-state index contributed by atoms with van der Waals surface area (Å²) >= 11 is 2.01. The largest absolute Gasteiger partial charge is 0.381 e. The molecule has 0 N–H and O–H groups in total. The van der Waals surface area contributed by atoms with Crippen LogP contribution in [0.25, 0.3) is 0 Å². The van der Waals surface area contributed by atoms with Crippen molar-refractivity contribution in [2.45, 2.75) is 39.3 Å². The first-order valence-corrected chi connectivity index (χ1v) is 7.79. The molecule has 6 heteroatoms. The Morgan fingerprint density at radius 3 is 2.68 bits per heavy atom. The highest BCUT2D eigenvalue weighted by molar-refractivity contribution is 14.1. The monoisotopic (exact) mass is 378 g/mol. The minimum Gasteiger partial charge on any atom is -0.381 e. The molecule has 1 aromatic heterocycles. The van der Waals surface area contributed by atoms with E-state index in [0.717, 1.165) is 32.5 Å². The van der Waals surface area contributed by atoms with E-state index in [1.54, 1.807) is 10.8 Å². The van der Waals surface area contributed by atoms with Gasteiger partial charge in [0.05, 0.1) is 3.57 Å². The predicted molar refractivity (Wildman–Crippen MR) is 81.5 cm³/mol. The third kappa shape index (κ3) is 3.47. The van der Waals surface area contributed by atoms with Gasteiger partial charge < -0.3 is 4.74 Å². The maximum atomic E-state index is 12.3. The van der Waals surface area contributed by atoms with Gasteiger partial charge in [-0.15, -0.1) is 0 Å². The quantitative estimate of drug-likeness (QED) is 0.746. The van der Waals surface area contributed by atoms with Crippen molar-refractivity contribution >= 4 is 22.6 Å². The molecule has 0 atom stereocenters. The summed E-state index contributed by atoms with van der Waals surface area (Å²) in [6.45, 7) is 4.65. The molecular weight excluding hydrogens is 359 g/mol. The second kappa shape index (κ2) is 6.69. The van der Waals surface area contributed by atoms with Crippen LogP contribution in [0.3, 0.4) is 0 Å². The second-order valence-corrected chi connectivity index (χ2v) is 6.09. The zero-order chi connectivity index (χ0) is 13.8. The van der Waals surface area contributed by atoms with Crippen molar-refractivity contribution in [2.75, 3.05) is 13.2 Å². The molecule has 0 aliphatic carbocycles. The van der Waals surface area contributed by atoms with Crippen molar-refractivity contribution < 1.29 is 4.74 Å². The van der Waals surface area contributed by atoms with E-state index < -0.39 is 0 Å². The second-order valence-electron chi connectivity index (χ2n) is 4.92. The SMILES string of the molecule is CCCn1cc(I)c(=O)n(CC2CCOCC2)c1=O. The summed E-state index contributed by atoms with van der Waals surface area (Å²) in [7, 11) is 0. The Labute approximate surface area is 125 Å². The van der Waals surface area contributed by atoms with Gasteiger partial charge in [0.25, 0.3) is 5.56 Å². The first kappa shape index (κ1) is 14.8. The molecule has 1 aromatic rings. The molecule has 0 saturated carbocycles. The van der Waals surface area contributed by atoms with Gasteiger partial charge in [-0.05, 0) is 47.8 Å². The van der Waals surface area contributed by atoms with E-state index in [9.17, 15) is 9.59 Å². The number of nitrogens with zero attached hydrogens (tertiary/aromatic N) is 2. The van der Waals surface area contributed by atoms with Crippen molar-refractivity contribution in [1.29, 1.82) is 0 Å². The minimum absolute atomic E-state index is 0.163. The van der Waals surface area contributed by atoms with E-state index in [-0.39, 0.29) is 11.2 Å². The maximum Gasteiger partial charge on any atom is 0.331 e. The van der Waals surface area contributed by atoms with Crippen LogP contribution in [0.4, 0.5) is 0 Å². The van der Waals surface area contributed by atoms with E-state index in [1.807, 2.05) is 29.5 Å². The van der Waals surface area contributed by atoms with Crippen molar-refractivity contribution in [3.63, 3.8) is 0 Å². The van der Waals surface area contributed by atoms with Gasteiger partial charge in [0.1, 0.15) is 0 Å². The summed E-state index contributed by atoms with van der Waals surface area (Å²) in [4.78, 5) is 24.4. The Hall–Kier alpha value is -0.630. The fourth-order valence-corrected chi connectivity index (χ4v) is 2.99. The van der Waals surface area contributed by atoms with E-state index >= 15 is 0 Å². The van der Waals surface area contributed by atoms with Crippen LogP contribution < -0.4 is 11.2 Å². The zero-order valence-corrected chi connectivity index (χ0v) is 13.3. The normalized spacial score (nSPS) is 16.7. The molecule has 1 fully saturated rings. The Morgan fingerprint density at radius 1 is 1.37 bits per heavy atom. The van der Waals surface area contributed by atoms with Crippen LogP contribution in [-0.2, 0) is 17.8 Å². The average molecular weight is 378 g/mol. The van der Waals surface area contributed by atoms with Crippen molar-refractivity contribution in [1.82, 2.24) is 9.13 Å². The number of halogens is 1. The van der Waals surface area contributed by atoms with Gasteiger partial charge >= 0.3 is 5.69 Å². The molecule has 1 saturated heterocycles. The van der Waals surface area contributed by atoms with E-state index in [2.05, 4.69) is 0 Å². The predicted octanol–water partition coefficient (Wildman–Crippen LogP) is 1.45. The molecule has 2 rings (SSSR count). The van der Waals surface area contributed by atoms with Crippen LogP contribution in [0.2, 0.25) is 0 Å². The van der Waals surface area contributed by atoms with Gasteiger partial charge in [-0.1, -0.05) is 6.92 Å². The molecule has 5 nitrogen and oxygen atoms in total. The van der Waals surface area contributed by atoms with Crippen LogP contribution >= 0.6 is 22.6 Å². The van der Waals surface area contributed by atoms with E-state index in [0.29, 0.717) is 22.6 Å². The summed E-state index contributed by atoms with van der Waals surface area (Å²) in [5, 5.41) is 0. The van der Waals surface area contributed by atoms with Crippen molar-refractivity contribution in [3.8, 4) is 0 Å². The van der Waals surface area contributed by atoms with Gasteiger partial charge in [0.2, 0.25) is 0 Å². The van der Waals surface area contributed by atoms with Crippen LogP contribution in [0, 0.1) is 9.49 Å². The molecule has 106 valence electrons. The summed E-state index contributed by atoms with van der Waals surface area (Å²) < 4.78 is 8.96. The summed E-state index contributed by atoms with van der Waals surface area (Å²) in [6, 6.07) is 0. The minimum atomic E-state index is -0.182. The lowest BCUT2D eigenvalue weighted by molar-refractivity contribution is 0.0603. The smallest absolute Gasteiger partial charge is 0.331 e. The fourth-order valence-electron chi connectivity index (χ4n) is 2.37. The van der Waals surface area contributed by atoms with Crippen molar-refractivity contribution in [3.05, 3.63) is 30.6 Å². The van der Waals surface area contributed by atoms with Crippen LogP contribution in [0.15, 0.2) is 15.8 Å². The van der Waals surface area contributed by atoms with Crippen molar-refractivity contribution in [2.24, 2.45) is 5.92 Å². The molecule has 0 amide bonds. The Bertz CT molecular complexity index is 544. The molecule has 0 bridgehead atoms. The zero-order valence-electron chi connectivity index (χ0n) is 11.1. The van der Waals surface area contributed by atoms with Gasteiger partial charge in [0.15, 0.2) is 0 Å². The number of hydrogen-bond donors (Lipinski definition) is 0. The summed E-state index contributed by atoms with van der Waals surface area (Å²) in [6.07, 6.45) is 4.39. The van der Waals surface area contributed by atoms with Gasteiger partial charge in [0, 0.05) is 32.5 Å². The molecule has 0 aromatic carbocycles. The van der Waals surface area contributed by atoms with Gasteiger partial charge in [-0.2, -0.15) is 0 Å². The Balaban J connectivity index is 2.32. The Kier molecular flexibility index (Phi) is 5.20. The van der Waals surface area contributed by atoms with Gasteiger partial charge in [-0.3, -0.25) is 13.9 Å². The molecule has 0 unspecified atom stereocenters. The lowest BCUT2D eigenvalue weighted by Crippen LogP contribution is -2.42. The standard InChI is InChI=1S/C13H19IN2O3/c1-2-5-15-9-11(14)12(17)16(13(15)18)8-10-3-6-19-7-4-10/h9-10H,2-8H2,1H3. The number of hydrogen-bond acceptors (Lipinski definition) is 3. The van der Waals surface area contributed by atoms with E-state index in [4.69, 9.17) is 4.74 Å². The lowest BCUT2D eigenvalue weighted by Gasteiger charge is -2.22. The molecule has 0 spiro atoms. The number of rotatable bonds is 4. The summed E-state index contributed by atoms with van der Waals surface area (Å²) in [5.41, 5.74) is -0.344. The fraction of sp³-hybridized carbons (Fsp3) is 0.692. The molecule has 1 aliphatic rings. The first-order chi connectivity index (χ1) is 9.13. The number of aromatic nitrogens is 2. The average Bonchev–Trinajstić information content (AvgIpc) is 2.42. The highest BCUT2D eigenvalue weighted by atomic mass is 127. The Morgan fingerprint density at radius 2 is 2.05 bits per heavy atom. The van der Waals surface area contributed by atoms with Gasteiger partial charge in [-0.25, -0.2) is 4.79 Å². The highest BCUT2D eigenvalue weighted by Crippen LogP contribution is 2.15. The van der Waals surface area contributed by atoms with Crippen LogP contribution in [0.1, 0.15) is 26.2 Å². The molecular formula is C13H19IN2O3. The lowest BCUT2D eigenvalue weighted by atomic mass is 10.0. The highest BCUT2D eigenvalue weighted by Gasteiger charge is 2.18. The van der Waals surface area contributed by atoms with Crippen LogP contribution in [-0.4, -0.2) is 22.3 Å². The maximum absolute atomic E-state index is 12.3. The number of aryl methyl sites for hydroxylation is 1.